The number of benzene rings is 1. The van der Waals surface area contributed by atoms with Crippen LogP contribution in [0, 0.1) is 0 Å². The topological polar surface area (TPSA) is 38.8 Å². The van der Waals surface area contributed by atoms with E-state index in [0.29, 0.717) is 18.8 Å². The Hall–Kier alpha value is -1.39. The molecule has 16 heavy (non-hydrogen) atoms. The summed E-state index contributed by atoms with van der Waals surface area (Å²) in [5, 5.41) is 1.31. The molecule has 0 radical (unpaired) electrons. The number of carbonyl (C=O) groups excluding carboxylic acids is 1. The minimum absolute atomic E-state index is 0.129. The van der Waals surface area contributed by atoms with Gasteiger partial charge in [0.15, 0.2) is 6.23 Å². The van der Waals surface area contributed by atoms with Crippen molar-refractivity contribution in [2.45, 2.75) is 20.1 Å². The highest BCUT2D eigenvalue weighted by molar-refractivity contribution is 5.98. The molecule has 0 aromatic heterocycles. The molecule has 0 saturated carbocycles. The molecule has 0 N–H and O–H groups in total. The Kier molecular flexibility index (Phi) is 3.22. The second-order valence-corrected chi connectivity index (χ2v) is 3.44. The van der Waals surface area contributed by atoms with Crippen LogP contribution in [0.3, 0.4) is 0 Å². The summed E-state index contributed by atoms with van der Waals surface area (Å²) in [5.41, 5.74) is 1.54. The van der Waals surface area contributed by atoms with Crippen molar-refractivity contribution in [1.82, 2.24) is 5.06 Å². The normalized spacial score (nSPS) is 19.0. The van der Waals surface area contributed by atoms with Crippen LogP contribution in [0.4, 0.5) is 0 Å². The lowest BCUT2D eigenvalue weighted by atomic mass is 10.1. The monoisotopic (exact) mass is 221 g/mol. The standard InChI is InChI=1S/C12H15NO3/c1-3-15-12-10-8-6-5-7-9(10)11(14)13(12)16-4-2/h5-8,12H,3-4H2,1-2H3. The third-order valence-corrected chi connectivity index (χ3v) is 2.46. The van der Waals surface area contributed by atoms with E-state index in [1.54, 1.807) is 6.07 Å². The van der Waals surface area contributed by atoms with E-state index in [2.05, 4.69) is 0 Å². The Morgan fingerprint density at radius 1 is 1.25 bits per heavy atom. The van der Waals surface area contributed by atoms with E-state index < -0.39 is 6.23 Å². The summed E-state index contributed by atoms with van der Waals surface area (Å²) in [5.74, 6) is -0.129. The van der Waals surface area contributed by atoms with Crippen LogP contribution in [0.2, 0.25) is 0 Å². The predicted molar refractivity (Wildman–Crippen MR) is 58.6 cm³/mol. The zero-order valence-electron chi connectivity index (χ0n) is 9.47. The van der Waals surface area contributed by atoms with Gasteiger partial charge in [0.05, 0.1) is 6.61 Å². The van der Waals surface area contributed by atoms with Crippen LogP contribution in [-0.4, -0.2) is 24.2 Å². The molecule has 1 heterocycles. The number of amides is 1. The lowest BCUT2D eigenvalue weighted by Crippen LogP contribution is -2.29. The van der Waals surface area contributed by atoms with Crippen LogP contribution in [0.15, 0.2) is 24.3 Å². The molecule has 1 aliphatic rings. The maximum atomic E-state index is 12.0. The number of ether oxygens (including phenoxy) is 1. The van der Waals surface area contributed by atoms with Crippen LogP contribution in [-0.2, 0) is 9.57 Å². The molecule has 1 unspecified atom stereocenters. The molecule has 4 heteroatoms. The maximum absolute atomic E-state index is 12.0. The number of carbonyl (C=O) groups is 1. The lowest BCUT2D eigenvalue weighted by molar-refractivity contribution is -0.211. The van der Waals surface area contributed by atoms with Gasteiger partial charge >= 0.3 is 0 Å². The summed E-state index contributed by atoms with van der Waals surface area (Å²) >= 11 is 0. The molecule has 0 spiro atoms. The first-order valence-electron chi connectivity index (χ1n) is 5.46. The van der Waals surface area contributed by atoms with Gasteiger partial charge in [0.1, 0.15) is 0 Å². The second kappa shape index (κ2) is 4.63. The fourth-order valence-electron chi connectivity index (χ4n) is 1.84. The number of hydrogen-bond acceptors (Lipinski definition) is 3. The first-order valence-corrected chi connectivity index (χ1v) is 5.46. The van der Waals surface area contributed by atoms with E-state index in [1.807, 2.05) is 32.0 Å². The molecule has 86 valence electrons. The molecule has 1 aromatic carbocycles. The van der Waals surface area contributed by atoms with Gasteiger partial charge in [-0.3, -0.25) is 9.63 Å². The summed E-state index contributed by atoms with van der Waals surface area (Å²) in [6.07, 6.45) is -0.409. The predicted octanol–water partition coefficient (Wildman–Crippen LogP) is 2.13. The van der Waals surface area contributed by atoms with Crippen molar-refractivity contribution < 1.29 is 14.4 Å². The highest BCUT2D eigenvalue weighted by Gasteiger charge is 2.37. The van der Waals surface area contributed by atoms with E-state index in [4.69, 9.17) is 9.57 Å². The lowest BCUT2D eigenvalue weighted by Gasteiger charge is -2.23. The minimum Gasteiger partial charge on any atom is -0.352 e. The summed E-state index contributed by atoms with van der Waals surface area (Å²) in [6, 6.07) is 7.43. The SMILES string of the molecule is CCOC1c2ccccc2C(=O)N1OCC. The highest BCUT2D eigenvalue weighted by atomic mass is 16.7. The fourth-order valence-corrected chi connectivity index (χ4v) is 1.84. The van der Waals surface area contributed by atoms with Crippen molar-refractivity contribution in [3.05, 3.63) is 35.4 Å². The summed E-state index contributed by atoms with van der Waals surface area (Å²) in [4.78, 5) is 17.3. The van der Waals surface area contributed by atoms with Gasteiger partial charge in [-0.1, -0.05) is 18.2 Å². The number of hydrogen-bond donors (Lipinski definition) is 0. The average molecular weight is 221 g/mol. The molecule has 0 bridgehead atoms. The summed E-state index contributed by atoms with van der Waals surface area (Å²) in [7, 11) is 0. The zero-order valence-corrected chi connectivity index (χ0v) is 9.47. The Morgan fingerprint density at radius 3 is 2.69 bits per heavy atom. The van der Waals surface area contributed by atoms with Gasteiger partial charge in [0.2, 0.25) is 0 Å². The van der Waals surface area contributed by atoms with Crippen molar-refractivity contribution in [1.29, 1.82) is 0 Å². The smallest absolute Gasteiger partial charge is 0.280 e. The summed E-state index contributed by atoms with van der Waals surface area (Å²) < 4.78 is 5.54. The first-order chi connectivity index (χ1) is 7.79. The molecule has 1 amide bonds. The minimum atomic E-state index is -0.409. The number of nitrogens with zero attached hydrogens (tertiary/aromatic N) is 1. The van der Waals surface area contributed by atoms with Crippen molar-refractivity contribution in [2.24, 2.45) is 0 Å². The number of rotatable bonds is 4. The average Bonchev–Trinajstić information content (AvgIpc) is 2.57. The van der Waals surface area contributed by atoms with Crippen LogP contribution in [0.5, 0.6) is 0 Å². The summed E-state index contributed by atoms with van der Waals surface area (Å²) in [6.45, 7) is 4.73. The Labute approximate surface area is 94.7 Å². The molecule has 1 aromatic rings. The van der Waals surface area contributed by atoms with E-state index in [9.17, 15) is 4.79 Å². The molecular formula is C12H15NO3. The Bertz CT molecular complexity index is 392. The van der Waals surface area contributed by atoms with Crippen LogP contribution >= 0.6 is 0 Å². The van der Waals surface area contributed by atoms with Gasteiger partial charge in [0.25, 0.3) is 5.91 Å². The molecule has 1 atom stereocenters. The molecule has 1 aliphatic heterocycles. The van der Waals surface area contributed by atoms with E-state index in [-0.39, 0.29) is 5.91 Å². The Morgan fingerprint density at radius 2 is 2.00 bits per heavy atom. The number of fused-ring (bicyclic) bond motifs is 1. The molecule has 0 saturated heterocycles. The van der Waals surface area contributed by atoms with E-state index >= 15 is 0 Å². The molecule has 0 fully saturated rings. The van der Waals surface area contributed by atoms with Gasteiger partial charge in [-0.15, -0.1) is 0 Å². The third kappa shape index (κ3) is 1.70. The van der Waals surface area contributed by atoms with E-state index in [0.717, 1.165) is 5.56 Å². The molecule has 0 aliphatic carbocycles. The van der Waals surface area contributed by atoms with Crippen molar-refractivity contribution >= 4 is 5.91 Å². The van der Waals surface area contributed by atoms with Gasteiger partial charge in [-0.05, 0) is 19.9 Å². The van der Waals surface area contributed by atoms with Crippen molar-refractivity contribution in [2.75, 3.05) is 13.2 Å². The maximum Gasteiger partial charge on any atom is 0.280 e. The third-order valence-electron chi connectivity index (χ3n) is 2.46. The molecule has 2 rings (SSSR count). The van der Waals surface area contributed by atoms with Gasteiger partial charge in [0, 0.05) is 17.7 Å². The van der Waals surface area contributed by atoms with Gasteiger partial charge in [-0.2, -0.15) is 5.06 Å². The fraction of sp³-hybridized carbons (Fsp3) is 0.417. The van der Waals surface area contributed by atoms with Gasteiger partial charge in [-0.25, -0.2) is 0 Å². The molecule has 4 nitrogen and oxygen atoms in total. The van der Waals surface area contributed by atoms with Crippen molar-refractivity contribution in [3.63, 3.8) is 0 Å². The second-order valence-electron chi connectivity index (χ2n) is 3.44. The van der Waals surface area contributed by atoms with Crippen molar-refractivity contribution in [3.8, 4) is 0 Å². The van der Waals surface area contributed by atoms with E-state index in [1.165, 1.54) is 5.06 Å². The van der Waals surface area contributed by atoms with Crippen LogP contribution < -0.4 is 0 Å². The quantitative estimate of drug-likeness (QED) is 0.781. The largest absolute Gasteiger partial charge is 0.352 e. The molecular weight excluding hydrogens is 206 g/mol. The Balaban J connectivity index is 2.35. The number of hydroxylamine groups is 2. The zero-order chi connectivity index (χ0) is 11.5. The first kappa shape index (κ1) is 11.1. The van der Waals surface area contributed by atoms with Crippen LogP contribution in [0.1, 0.15) is 36.0 Å². The van der Waals surface area contributed by atoms with Crippen LogP contribution in [0.25, 0.3) is 0 Å². The highest BCUT2D eigenvalue weighted by Crippen LogP contribution is 2.34. The van der Waals surface area contributed by atoms with Gasteiger partial charge < -0.3 is 4.74 Å².